The molecule has 3 aromatic rings. The first-order chi connectivity index (χ1) is 10.2. The highest BCUT2D eigenvalue weighted by atomic mass is 35.5. The second-order valence-electron chi connectivity index (χ2n) is 4.68. The Labute approximate surface area is 127 Å². The molecule has 2 heterocycles. The Morgan fingerprint density at radius 3 is 2.62 bits per heavy atom. The molecule has 0 unspecified atom stereocenters. The second kappa shape index (κ2) is 5.58. The van der Waals surface area contributed by atoms with Crippen molar-refractivity contribution in [1.29, 1.82) is 0 Å². The molecule has 0 radical (unpaired) electrons. The fourth-order valence-corrected chi connectivity index (χ4v) is 2.45. The highest BCUT2D eigenvalue weighted by Gasteiger charge is 2.15. The van der Waals surface area contributed by atoms with Crippen molar-refractivity contribution in [3.8, 4) is 16.9 Å². The van der Waals surface area contributed by atoms with Crippen molar-refractivity contribution in [1.82, 2.24) is 14.8 Å². The molecule has 1 N–H and O–H groups in total. The van der Waals surface area contributed by atoms with E-state index in [4.69, 9.17) is 11.6 Å². The topological polar surface area (TPSA) is 50.7 Å². The second-order valence-corrected chi connectivity index (χ2v) is 5.11. The van der Waals surface area contributed by atoms with Crippen LogP contribution in [0.3, 0.4) is 0 Å². The van der Waals surface area contributed by atoms with Gasteiger partial charge < -0.3 is 0 Å². The lowest BCUT2D eigenvalue weighted by Gasteiger charge is -2.02. The maximum atomic E-state index is 12.6. The van der Waals surface area contributed by atoms with Gasteiger partial charge in [0.1, 0.15) is 0 Å². The summed E-state index contributed by atoms with van der Waals surface area (Å²) in [5.74, 6) is 0. The quantitative estimate of drug-likeness (QED) is 0.805. The van der Waals surface area contributed by atoms with Crippen LogP contribution >= 0.6 is 11.6 Å². The Balaban J connectivity index is 2.18. The molecule has 4 nitrogen and oxygen atoms in total. The van der Waals surface area contributed by atoms with Crippen molar-refractivity contribution in [3.05, 3.63) is 69.7 Å². The fourth-order valence-electron chi connectivity index (χ4n) is 2.32. The van der Waals surface area contributed by atoms with Crippen molar-refractivity contribution in [2.24, 2.45) is 0 Å². The molecule has 0 bridgehead atoms. The van der Waals surface area contributed by atoms with Gasteiger partial charge in [-0.05, 0) is 42.8 Å². The zero-order valence-corrected chi connectivity index (χ0v) is 12.3. The summed E-state index contributed by atoms with van der Waals surface area (Å²) in [5.41, 5.74) is 3.18. The van der Waals surface area contributed by atoms with E-state index >= 15 is 0 Å². The monoisotopic (exact) mass is 299 g/mol. The van der Waals surface area contributed by atoms with E-state index in [0.717, 1.165) is 22.5 Å². The van der Waals surface area contributed by atoms with Crippen molar-refractivity contribution in [3.63, 3.8) is 0 Å². The molecule has 0 aliphatic carbocycles. The minimum atomic E-state index is -0.0429. The number of halogens is 1. The predicted molar refractivity (Wildman–Crippen MR) is 84.0 cm³/mol. The number of nitrogens with zero attached hydrogens (tertiary/aromatic N) is 2. The molecule has 0 amide bonds. The summed E-state index contributed by atoms with van der Waals surface area (Å²) < 4.78 is 1.54. The van der Waals surface area contributed by atoms with Crippen molar-refractivity contribution in [2.75, 3.05) is 0 Å². The number of nitrogens with one attached hydrogen (secondary N) is 1. The van der Waals surface area contributed by atoms with Gasteiger partial charge in [0, 0.05) is 28.5 Å². The molecule has 21 heavy (non-hydrogen) atoms. The molecule has 0 fully saturated rings. The maximum Gasteiger partial charge on any atom is 0.275 e. The van der Waals surface area contributed by atoms with E-state index in [9.17, 15) is 4.79 Å². The van der Waals surface area contributed by atoms with Gasteiger partial charge in [0.2, 0.25) is 0 Å². The third kappa shape index (κ3) is 2.50. The molecule has 3 rings (SSSR count). The third-order valence-corrected chi connectivity index (χ3v) is 3.63. The van der Waals surface area contributed by atoms with E-state index in [1.165, 1.54) is 4.68 Å². The summed E-state index contributed by atoms with van der Waals surface area (Å²) >= 11 is 5.89. The Hall–Kier alpha value is -2.33. The number of H-pyrrole nitrogens is 1. The molecule has 106 valence electrons. The first-order valence-corrected chi connectivity index (χ1v) is 7.08. The highest BCUT2D eigenvalue weighted by molar-refractivity contribution is 6.30. The van der Waals surface area contributed by atoms with Gasteiger partial charge in [-0.2, -0.15) is 0 Å². The average molecular weight is 300 g/mol. The van der Waals surface area contributed by atoms with Gasteiger partial charge in [-0.1, -0.05) is 18.5 Å². The summed E-state index contributed by atoms with van der Waals surface area (Å²) in [7, 11) is 0. The van der Waals surface area contributed by atoms with Crippen LogP contribution in [0.5, 0.6) is 0 Å². The number of aromatic amines is 1. The van der Waals surface area contributed by atoms with Crippen molar-refractivity contribution >= 4 is 11.6 Å². The summed E-state index contributed by atoms with van der Waals surface area (Å²) in [4.78, 5) is 16.7. The van der Waals surface area contributed by atoms with Gasteiger partial charge in [0.05, 0.1) is 11.4 Å². The van der Waals surface area contributed by atoms with Gasteiger partial charge in [0.15, 0.2) is 0 Å². The van der Waals surface area contributed by atoms with Gasteiger partial charge in [-0.3, -0.25) is 14.9 Å². The minimum absolute atomic E-state index is 0.0429. The molecule has 0 spiro atoms. The van der Waals surface area contributed by atoms with E-state index in [1.54, 1.807) is 24.5 Å². The zero-order chi connectivity index (χ0) is 14.8. The van der Waals surface area contributed by atoms with E-state index < -0.39 is 0 Å². The van der Waals surface area contributed by atoms with E-state index in [2.05, 4.69) is 10.1 Å². The van der Waals surface area contributed by atoms with Crippen LogP contribution in [0.25, 0.3) is 16.9 Å². The van der Waals surface area contributed by atoms with Gasteiger partial charge in [-0.15, -0.1) is 0 Å². The number of rotatable bonds is 3. The van der Waals surface area contributed by atoms with E-state index in [1.807, 2.05) is 31.2 Å². The Morgan fingerprint density at radius 2 is 2.00 bits per heavy atom. The summed E-state index contributed by atoms with van der Waals surface area (Å²) in [6.45, 7) is 1.97. The van der Waals surface area contributed by atoms with Crippen LogP contribution in [0, 0.1) is 0 Å². The summed E-state index contributed by atoms with van der Waals surface area (Å²) in [5, 5.41) is 3.81. The number of benzene rings is 1. The standard InChI is InChI=1S/C16H14ClN3O/c1-2-14-15(11-4-3-9-18-10-11)19-20(16(14)21)13-7-5-12(17)6-8-13/h3-10,19H,2H2,1H3. The largest absolute Gasteiger partial charge is 0.290 e. The Morgan fingerprint density at radius 1 is 1.24 bits per heavy atom. The van der Waals surface area contributed by atoms with Crippen LogP contribution in [0.4, 0.5) is 0 Å². The minimum Gasteiger partial charge on any atom is -0.290 e. The normalized spacial score (nSPS) is 10.8. The smallest absolute Gasteiger partial charge is 0.275 e. The zero-order valence-electron chi connectivity index (χ0n) is 11.5. The molecular formula is C16H14ClN3O. The summed E-state index contributed by atoms with van der Waals surface area (Å²) in [6.07, 6.45) is 4.11. The van der Waals surface area contributed by atoms with E-state index in [0.29, 0.717) is 11.4 Å². The van der Waals surface area contributed by atoms with Crippen LogP contribution in [0.15, 0.2) is 53.6 Å². The molecule has 0 aliphatic rings. The molecule has 2 aromatic heterocycles. The number of hydrogen-bond acceptors (Lipinski definition) is 2. The lowest BCUT2D eigenvalue weighted by molar-refractivity contribution is 0.849. The molecule has 0 atom stereocenters. The maximum absolute atomic E-state index is 12.6. The van der Waals surface area contributed by atoms with Crippen LogP contribution in [0.2, 0.25) is 5.02 Å². The summed E-state index contributed by atoms with van der Waals surface area (Å²) in [6, 6.07) is 10.9. The van der Waals surface area contributed by atoms with Crippen LogP contribution in [-0.2, 0) is 6.42 Å². The highest BCUT2D eigenvalue weighted by Crippen LogP contribution is 2.20. The average Bonchev–Trinajstić information content (AvgIpc) is 2.86. The van der Waals surface area contributed by atoms with Crippen molar-refractivity contribution < 1.29 is 0 Å². The molecule has 5 heteroatoms. The van der Waals surface area contributed by atoms with Gasteiger partial charge in [0.25, 0.3) is 5.56 Å². The molecule has 0 aliphatic heterocycles. The van der Waals surface area contributed by atoms with Crippen LogP contribution in [-0.4, -0.2) is 14.8 Å². The SMILES string of the molecule is CCc1c(-c2cccnc2)[nH]n(-c2ccc(Cl)cc2)c1=O. The van der Waals surface area contributed by atoms with Gasteiger partial charge in [-0.25, -0.2) is 4.68 Å². The van der Waals surface area contributed by atoms with E-state index in [-0.39, 0.29) is 5.56 Å². The molecule has 1 aromatic carbocycles. The Bertz CT molecular complexity index is 804. The van der Waals surface area contributed by atoms with Crippen LogP contribution < -0.4 is 5.56 Å². The van der Waals surface area contributed by atoms with Crippen LogP contribution in [0.1, 0.15) is 12.5 Å². The predicted octanol–water partition coefficient (Wildman–Crippen LogP) is 3.44. The molecule has 0 saturated heterocycles. The first-order valence-electron chi connectivity index (χ1n) is 6.71. The fraction of sp³-hybridized carbons (Fsp3) is 0.125. The lowest BCUT2D eigenvalue weighted by atomic mass is 10.1. The number of pyridine rings is 1. The molecule has 0 saturated carbocycles. The Kier molecular flexibility index (Phi) is 3.62. The molecular weight excluding hydrogens is 286 g/mol. The number of hydrogen-bond donors (Lipinski definition) is 1. The first kappa shape index (κ1) is 13.6. The van der Waals surface area contributed by atoms with Crippen molar-refractivity contribution in [2.45, 2.75) is 13.3 Å². The lowest BCUT2D eigenvalue weighted by Crippen LogP contribution is -2.16. The number of aromatic nitrogens is 3. The third-order valence-electron chi connectivity index (χ3n) is 3.38. The van der Waals surface area contributed by atoms with Gasteiger partial charge >= 0.3 is 0 Å².